The summed E-state index contributed by atoms with van der Waals surface area (Å²) >= 11 is 5.90. The summed E-state index contributed by atoms with van der Waals surface area (Å²) in [5.41, 5.74) is 6.05. The van der Waals surface area contributed by atoms with Crippen LogP contribution >= 0.6 is 11.6 Å². The van der Waals surface area contributed by atoms with Crippen molar-refractivity contribution in [3.05, 3.63) is 29.3 Å². The van der Waals surface area contributed by atoms with Crippen molar-refractivity contribution in [1.29, 1.82) is 0 Å². The standard InChI is InChI=1S/C14H18ClN5O2/c15-10-1-3-11(4-2-10)20-6-5-9(8-20)7-16-13(21)12-17-14(22)19-18-12/h1-4,9,12,18H,5-8H2,(H,16,21)(H2,17,19,22). The van der Waals surface area contributed by atoms with Gasteiger partial charge < -0.3 is 15.5 Å². The average molecular weight is 324 g/mol. The van der Waals surface area contributed by atoms with E-state index in [2.05, 4.69) is 26.4 Å². The molecule has 22 heavy (non-hydrogen) atoms. The normalized spacial score (nSPS) is 24.0. The second-order valence-electron chi connectivity index (χ2n) is 5.50. The maximum Gasteiger partial charge on any atom is 0.330 e. The lowest BCUT2D eigenvalue weighted by Gasteiger charge is -2.19. The van der Waals surface area contributed by atoms with Gasteiger partial charge in [0, 0.05) is 30.3 Å². The van der Waals surface area contributed by atoms with E-state index in [1.807, 2.05) is 24.3 Å². The van der Waals surface area contributed by atoms with Crippen molar-refractivity contribution >= 4 is 29.2 Å². The van der Waals surface area contributed by atoms with Gasteiger partial charge in [-0.25, -0.2) is 10.2 Å². The van der Waals surface area contributed by atoms with Crippen LogP contribution in [0.15, 0.2) is 24.3 Å². The van der Waals surface area contributed by atoms with Gasteiger partial charge in [-0.3, -0.25) is 10.2 Å². The number of urea groups is 1. The van der Waals surface area contributed by atoms with E-state index in [0.29, 0.717) is 12.5 Å². The van der Waals surface area contributed by atoms with Gasteiger partial charge in [0.05, 0.1) is 0 Å². The Bertz CT molecular complexity index is 565. The zero-order chi connectivity index (χ0) is 15.5. The Labute approximate surface area is 133 Å². The lowest BCUT2D eigenvalue weighted by molar-refractivity contribution is -0.123. The molecule has 8 heteroatoms. The number of benzene rings is 1. The van der Waals surface area contributed by atoms with Crippen LogP contribution in [-0.4, -0.2) is 37.7 Å². The molecular formula is C14H18ClN5O2. The molecule has 0 saturated carbocycles. The molecule has 2 fully saturated rings. The molecule has 2 saturated heterocycles. The second-order valence-corrected chi connectivity index (χ2v) is 5.93. The summed E-state index contributed by atoms with van der Waals surface area (Å²) in [5, 5.41) is 6.07. The first-order valence-corrected chi connectivity index (χ1v) is 7.60. The van der Waals surface area contributed by atoms with Crippen molar-refractivity contribution < 1.29 is 9.59 Å². The van der Waals surface area contributed by atoms with E-state index in [9.17, 15) is 9.59 Å². The highest BCUT2D eigenvalue weighted by molar-refractivity contribution is 6.30. The number of hydrogen-bond donors (Lipinski definition) is 4. The topological polar surface area (TPSA) is 85.5 Å². The monoisotopic (exact) mass is 323 g/mol. The van der Waals surface area contributed by atoms with E-state index < -0.39 is 12.2 Å². The van der Waals surface area contributed by atoms with Crippen LogP contribution in [0.3, 0.4) is 0 Å². The van der Waals surface area contributed by atoms with E-state index in [0.717, 1.165) is 30.2 Å². The fraction of sp³-hybridized carbons (Fsp3) is 0.429. The van der Waals surface area contributed by atoms with Gasteiger partial charge in [0.2, 0.25) is 0 Å². The van der Waals surface area contributed by atoms with Crippen LogP contribution in [-0.2, 0) is 4.79 Å². The molecule has 2 unspecified atom stereocenters. The largest absolute Gasteiger partial charge is 0.371 e. The molecule has 3 amide bonds. The molecule has 0 bridgehead atoms. The van der Waals surface area contributed by atoms with Gasteiger partial charge in [-0.05, 0) is 36.6 Å². The predicted octanol–water partition coefficient (Wildman–Crippen LogP) is 0.426. The Balaban J connectivity index is 1.46. The molecule has 4 N–H and O–H groups in total. The summed E-state index contributed by atoms with van der Waals surface area (Å²) in [6.45, 7) is 2.45. The van der Waals surface area contributed by atoms with Gasteiger partial charge in [0.1, 0.15) is 0 Å². The lowest BCUT2D eigenvalue weighted by Crippen LogP contribution is -2.49. The van der Waals surface area contributed by atoms with Crippen LogP contribution < -0.4 is 26.4 Å². The molecule has 2 aliphatic rings. The Morgan fingerprint density at radius 1 is 1.36 bits per heavy atom. The fourth-order valence-electron chi connectivity index (χ4n) is 2.70. The highest BCUT2D eigenvalue weighted by atomic mass is 35.5. The summed E-state index contributed by atoms with van der Waals surface area (Å²) < 4.78 is 0. The van der Waals surface area contributed by atoms with E-state index in [4.69, 9.17) is 11.6 Å². The third kappa shape index (κ3) is 3.42. The Hall–Kier alpha value is -1.99. The van der Waals surface area contributed by atoms with E-state index in [1.165, 1.54) is 0 Å². The number of nitrogens with one attached hydrogen (secondary N) is 4. The Morgan fingerprint density at radius 3 is 2.82 bits per heavy atom. The van der Waals surface area contributed by atoms with Gasteiger partial charge in [-0.1, -0.05) is 11.6 Å². The Kier molecular flexibility index (Phi) is 4.35. The van der Waals surface area contributed by atoms with Crippen LogP contribution in [0.4, 0.5) is 10.5 Å². The summed E-state index contributed by atoms with van der Waals surface area (Å²) in [6, 6.07) is 7.38. The van der Waals surface area contributed by atoms with Crippen LogP contribution in [0.2, 0.25) is 5.02 Å². The number of amides is 3. The van der Waals surface area contributed by atoms with Crippen LogP contribution in [0.1, 0.15) is 6.42 Å². The number of halogens is 1. The molecule has 0 aliphatic carbocycles. The van der Waals surface area contributed by atoms with Crippen molar-refractivity contribution in [3.8, 4) is 0 Å². The van der Waals surface area contributed by atoms with Gasteiger partial charge in [0.15, 0.2) is 6.17 Å². The molecule has 1 aromatic carbocycles. The summed E-state index contributed by atoms with van der Waals surface area (Å²) in [5.74, 6) is 0.160. The van der Waals surface area contributed by atoms with Gasteiger partial charge in [0.25, 0.3) is 5.91 Å². The summed E-state index contributed by atoms with van der Waals surface area (Å²) in [6.07, 6.45) is 0.312. The number of nitrogens with zero attached hydrogens (tertiary/aromatic N) is 1. The third-order valence-corrected chi connectivity index (χ3v) is 4.16. The molecular weight excluding hydrogens is 306 g/mol. The van der Waals surface area contributed by atoms with Crippen molar-refractivity contribution in [2.75, 3.05) is 24.5 Å². The minimum absolute atomic E-state index is 0.233. The minimum atomic E-state index is -0.707. The van der Waals surface area contributed by atoms with Crippen molar-refractivity contribution in [1.82, 2.24) is 21.5 Å². The fourth-order valence-corrected chi connectivity index (χ4v) is 2.83. The van der Waals surface area contributed by atoms with Gasteiger partial charge in [-0.15, -0.1) is 0 Å². The molecule has 0 spiro atoms. The maximum absolute atomic E-state index is 11.9. The second kappa shape index (κ2) is 6.41. The third-order valence-electron chi connectivity index (χ3n) is 3.91. The highest BCUT2D eigenvalue weighted by Crippen LogP contribution is 2.24. The molecule has 3 rings (SSSR count). The van der Waals surface area contributed by atoms with E-state index in [-0.39, 0.29) is 5.91 Å². The molecule has 2 aliphatic heterocycles. The molecule has 1 aromatic rings. The highest BCUT2D eigenvalue weighted by Gasteiger charge is 2.28. The average Bonchev–Trinajstić information content (AvgIpc) is 3.15. The first-order valence-electron chi connectivity index (χ1n) is 7.22. The number of hydrogen-bond acceptors (Lipinski definition) is 4. The zero-order valence-corrected chi connectivity index (χ0v) is 12.7. The van der Waals surface area contributed by atoms with Crippen LogP contribution in [0.5, 0.6) is 0 Å². The molecule has 0 aromatic heterocycles. The minimum Gasteiger partial charge on any atom is -0.371 e. The maximum atomic E-state index is 11.9. The summed E-state index contributed by atoms with van der Waals surface area (Å²) in [4.78, 5) is 25.1. The van der Waals surface area contributed by atoms with Crippen molar-refractivity contribution in [2.24, 2.45) is 5.92 Å². The predicted molar refractivity (Wildman–Crippen MR) is 83.4 cm³/mol. The number of hydrazine groups is 1. The number of carbonyl (C=O) groups excluding carboxylic acids is 2. The van der Waals surface area contributed by atoms with Crippen molar-refractivity contribution in [3.63, 3.8) is 0 Å². The SMILES string of the molecule is O=C1NNC(C(=O)NCC2CCN(c3ccc(Cl)cc3)C2)N1. The number of rotatable bonds is 4. The Morgan fingerprint density at radius 2 is 2.14 bits per heavy atom. The number of carbonyl (C=O) groups is 2. The quantitative estimate of drug-likeness (QED) is 0.647. The van der Waals surface area contributed by atoms with Crippen LogP contribution in [0, 0.1) is 5.92 Å². The molecule has 2 atom stereocenters. The first kappa shape index (κ1) is 14.9. The van der Waals surface area contributed by atoms with Crippen LogP contribution in [0.25, 0.3) is 0 Å². The van der Waals surface area contributed by atoms with Gasteiger partial charge >= 0.3 is 6.03 Å². The molecule has 118 valence electrons. The molecule has 7 nitrogen and oxygen atoms in total. The smallest absolute Gasteiger partial charge is 0.330 e. The van der Waals surface area contributed by atoms with Gasteiger partial charge in [-0.2, -0.15) is 0 Å². The van der Waals surface area contributed by atoms with E-state index >= 15 is 0 Å². The zero-order valence-electron chi connectivity index (χ0n) is 11.9. The molecule has 2 heterocycles. The van der Waals surface area contributed by atoms with E-state index in [1.54, 1.807) is 0 Å². The summed E-state index contributed by atoms with van der Waals surface area (Å²) in [7, 11) is 0. The van der Waals surface area contributed by atoms with Crippen molar-refractivity contribution in [2.45, 2.75) is 12.6 Å². The molecule has 0 radical (unpaired) electrons. The number of anilines is 1. The lowest BCUT2D eigenvalue weighted by atomic mass is 10.1. The first-order chi connectivity index (χ1) is 10.6.